The number of furan rings is 1. The summed E-state index contributed by atoms with van der Waals surface area (Å²) in [5.74, 6) is 0.724. The highest BCUT2D eigenvalue weighted by Gasteiger charge is 2.15. The third-order valence-corrected chi connectivity index (χ3v) is 3.03. The Hall–Kier alpha value is -2.15. The lowest BCUT2D eigenvalue weighted by molar-refractivity contribution is 0.0995. The standard InChI is InChI=1S/C13H13BrN2O4/c1-18-10-5-7(15)8(6-11(10)19-2)16-13(17)9-3-4-12(14)20-9/h3-6H,15H2,1-2H3,(H,16,17). The summed E-state index contributed by atoms with van der Waals surface area (Å²) in [6, 6.07) is 6.35. The lowest BCUT2D eigenvalue weighted by Gasteiger charge is -2.12. The number of rotatable bonds is 4. The van der Waals surface area contributed by atoms with E-state index in [0.29, 0.717) is 27.5 Å². The van der Waals surface area contributed by atoms with Crippen molar-refractivity contribution in [1.29, 1.82) is 0 Å². The summed E-state index contributed by atoms with van der Waals surface area (Å²) in [6.07, 6.45) is 0. The topological polar surface area (TPSA) is 86.7 Å². The SMILES string of the molecule is COc1cc(N)c(NC(=O)c2ccc(Br)o2)cc1OC. The summed E-state index contributed by atoms with van der Waals surface area (Å²) < 4.78 is 15.9. The van der Waals surface area contributed by atoms with Crippen molar-refractivity contribution in [2.24, 2.45) is 0 Å². The molecular weight excluding hydrogens is 328 g/mol. The number of halogens is 1. The van der Waals surface area contributed by atoms with Crippen LogP contribution in [0.5, 0.6) is 11.5 Å². The van der Waals surface area contributed by atoms with Gasteiger partial charge in [0, 0.05) is 12.1 Å². The molecule has 0 saturated carbocycles. The van der Waals surface area contributed by atoms with E-state index < -0.39 is 5.91 Å². The van der Waals surface area contributed by atoms with E-state index in [1.54, 1.807) is 24.3 Å². The van der Waals surface area contributed by atoms with Crippen LogP contribution in [0.4, 0.5) is 11.4 Å². The number of methoxy groups -OCH3 is 2. The van der Waals surface area contributed by atoms with Gasteiger partial charge in [-0.15, -0.1) is 0 Å². The monoisotopic (exact) mass is 340 g/mol. The van der Waals surface area contributed by atoms with E-state index in [4.69, 9.17) is 19.6 Å². The molecule has 6 nitrogen and oxygen atoms in total. The molecule has 1 amide bonds. The number of carbonyl (C=O) groups is 1. The zero-order chi connectivity index (χ0) is 14.7. The first-order valence-corrected chi connectivity index (χ1v) is 6.42. The van der Waals surface area contributed by atoms with Gasteiger partial charge in [0.15, 0.2) is 21.9 Å². The van der Waals surface area contributed by atoms with Gasteiger partial charge in [-0.05, 0) is 28.1 Å². The quantitative estimate of drug-likeness (QED) is 0.835. The van der Waals surface area contributed by atoms with Crippen LogP contribution in [0, 0.1) is 0 Å². The molecule has 0 aliphatic carbocycles. The van der Waals surface area contributed by atoms with Gasteiger partial charge in [-0.25, -0.2) is 0 Å². The van der Waals surface area contributed by atoms with Gasteiger partial charge in [0.1, 0.15) is 0 Å². The van der Waals surface area contributed by atoms with Gasteiger partial charge in [0.2, 0.25) is 0 Å². The summed E-state index contributed by atoms with van der Waals surface area (Å²) in [5, 5.41) is 2.65. The maximum atomic E-state index is 12.0. The number of hydrogen-bond donors (Lipinski definition) is 2. The average molecular weight is 341 g/mol. The van der Waals surface area contributed by atoms with Gasteiger partial charge >= 0.3 is 0 Å². The molecule has 106 valence electrons. The fraction of sp³-hybridized carbons (Fsp3) is 0.154. The molecule has 0 atom stereocenters. The fourth-order valence-corrected chi connectivity index (χ4v) is 1.93. The largest absolute Gasteiger partial charge is 0.493 e. The fourth-order valence-electron chi connectivity index (χ4n) is 1.62. The van der Waals surface area contributed by atoms with Gasteiger partial charge in [-0.3, -0.25) is 4.79 Å². The Morgan fingerprint density at radius 3 is 2.45 bits per heavy atom. The number of benzene rings is 1. The van der Waals surface area contributed by atoms with E-state index in [1.807, 2.05) is 0 Å². The number of nitrogens with one attached hydrogen (secondary N) is 1. The summed E-state index contributed by atoms with van der Waals surface area (Å²) in [6.45, 7) is 0. The molecule has 7 heteroatoms. The molecular formula is C13H13BrN2O4. The van der Waals surface area contributed by atoms with Gasteiger partial charge < -0.3 is 24.9 Å². The molecule has 20 heavy (non-hydrogen) atoms. The van der Waals surface area contributed by atoms with E-state index in [-0.39, 0.29) is 5.76 Å². The molecule has 0 aliphatic heterocycles. The van der Waals surface area contributed by atoms with E-state index in [1.165, 1.54) is 14.2 Å². The van der Waals surface area contributed by atoms with Gasteiger partial charge in [-0.2, -0.15) is 0 Å². The summed E-state index contributed by atoms with van der Waals surface area (Å²) in [5.41, 5.74) is 6.64. The van der Waals surface area contributed by atoms with Crippen LogP contribution in [0.2, 0.25) is 0 Å². The molecule has 2 aromatic rings. The zero-order valence-corrected chi connectivity index (χ0v) is 12.5. The molecule has 3 N–H and O–H groups in total. The highest BCUT2D eigenvalue weighted by Crippen LogP contribution is 2.35. The number of anilines is 2. The molecule has 1 aromatic carbocycles. The van der Waals surface area contributed by atoms with Crippen LogP contribution in [-0.2, 0) is 0 Å². The first-order valence-electron chi connectivity index (χ1n) is 5.63. The van der Waals surface area contributed by atoms with Crippen LogP contribution in [0.25, 0.3) is 0 Å². The Balaban J connectivity index is 2.27. The van der Waals surface area contributed by atoms with Crippen LogP contribution in [0.3, 0.4) is 0 Å². The predicted octanol–water partition coefficient (Wildman–Crippen LogP) is 2.89. The number of hydrogen-bond acceptors (Lipinski definition) is 5. The van der Waals surface area contributed by atoms with Crippen molar-refractivity contribution >= 4 is 33.2 Å². The minimum atomic E-state index is -0.408. The number of nitrogens with two attached hydrogens (primary N) is 1. The normalized spacial score (nSPS) is 10.2. The molecule has 2 rings (SSSR count). The van der Waals surface area contributed by atoms with Crippen LogP contribution in [0.1, 0.15) is 10.6 Å². The summed E-state index contributed by atoms with van der Waals surface area (Å²) >= 11 is 3.13. The van der Waals surface area contributed by atoms with Crippen molar-refractivity contribution < 1.29 is 18.7 Å². The third kappa shape index (κ3) is 2.88. The Bertz CT molecular complexity index is 639. The van der Waals surface area contributed by atoms with Crippen LogP contribution >= 0.6 is 15.9 Å². The Kier molecular flexibility index (Phi) is 4.19. The third-order valence-electron chi connectivity index (χ3n) is 2.60. The molecule has 0 aliphatic rings. The number of ether oxygens (including phenoxy) is 2. The molecule has 1 aromatic heterocycles. The number of nitrogen functional groups attached to an aromatic ring is 1. The Morgan fingerprint density at radius 1 is 1.25 bits per heavy atom. The average Bonchev–Trinajstić information content (AvgIpc) is 2.87. The van der Waals surface area contributed by atoms with Crippen LogP contribution < -0.4 is 20.5 Å². The Labute approximate surface area is 124 Å². The molecule has 0 fully saturated rings. The molecule has 0 bridgehead atoms. The molecule has 0 spiro atoms. The summed E-state index contributed by atoms with van der Waals surface area (Å²) in [4.78, 5) is 12.0. The molecule has 1 heterocycles. The highest BCUT2D eigenvalue weighted by atomic mass is 79.9. The predicted molar refractivity (Wildman–Crippen MR) is 78.3 cm³/mol. The number of amides is 1. The van der Waals surface area contributed by atoms with E-state index in [2.05, 4.69) is 21.2 Å². The van der Waals surface area contributed by atoms with Crippen molar-refractivity contribution in [3.63, 3.8) is 0 Å². The number of carbonyl (C=O) groups excluding carboxylic acids is 1. The second-order valence-electron chi connectivity index (χ2n) is 3.85. The van der Waals surface area contributed by atoms with Crippen LogP contribution in [-0.4, -0.2) is 20.1 Å². The maximum absolute atomic E-state index is 12.0. The minimum Gasteiger partial charge on any atom is -0.493 e. The lowest BCUT2D eigenvalue weighted by atomic mass is 10.2. The van der Waals surface area contributed by atoms with Gasteiger partial charge in [-0.1, -0.05) is 0 Å². The van der Waals surface area contributed by atoms with Crippen molar-refractivity contribution in [1.82, 2.24) is 0 Å². The van der Waals surface area contributed by atoms with E-state index >= 15 is 0 Å². The van der Waals surface area contributed by atoms with Crippen molar-refractivity contribution in [3.05, 3.63) is 34.7 Å². The second kappa shape index (κ2) is 5.87. The summed E-state index contributed by atoms with van der Waals surface area (Å²) in [7, 11) is 3.01. The van der Waals surface area contributed by atoms with Gasteiger partial charge in [0.05, 0.1) is 25.6 Å². The van der Waals surface area contributed by atoms with Crippen molar-refractivity contribution in [2.45, 2.75) is 0 Å². The molecule has 0 radical (unpaired) electrons. The van der Waals surface area contributed by atoms with Gasteiger partial charge in [0.25, 0.3) is 5.91 Å². The first kappa shape index (κ1) is 14.3. The molecule has 0 saturated heterocycles. The lowest BCUT2D eigenvalue weighted by Crippen LogP contribution is -2.12. The van der Waals surface area contributed by atoms with Crippen molar-refractivity contribution in [2.75, 3.05) is 25.3 Å². The zero-order valence-electron chi connectivity index (χ0n) is 10.9. The first-order chi connectivity index (χ1) is 9.55. The highest BCUT2D eigenvalue weighted by molar-refractivity contribution is 9.10. The van der Waals surface area contributed by atoms with Crippen molar-refractivity contribution in [3.8, 4) is 11.5 Å². The molecule has 0 unspecified atom stereocenters. The maximum Gasteiger partial charge on any atom is 0.291 e. The second-order valence-corrected chi connectivity index (χ2v) is 4.63. The smallest absolute Gasteiger partial charge is 0.291 e. The van der Waals surface area contributed by atoms with Crippen LogP contribution in [0.15, 0.2) is 33.4 Å². The van der Waals surface area contributed by atoms with E-state index in [9.17, 15) is 4.79 Å². The van der Waals surface area contributed by atoms with E-state index in [0.717, 1.165) is 0 Å². The minimum absolute atomic E-state index is 0.172. The Morgan fingerprint density at radius 2 is 1.90 bits per heavy atom.